The Labute approximate surface area is 120 Å². The predicted molar refractivity (Wildman–Crippen MR) is 81.0 cm³/mol. The molecule has 0 fully saturated rings. The highest BCUT2D eigenvalue weighted by atomic mass is 15.3. The summed E-state index contributed by atoms with van der Waals surface area (Å²) in [5, 5.41) is 11.7. The fourth-order valence-electron chi connectivity index (χ4n) is 1.71. The molecule has 0 aliphatic rings. The van der Waals surface area contributed by atoms with Crippen molar-refractivity contribution in [1.82, 2.24) is 15.0 Å². The molecule has 1 heterocycles. The maximum atomic E-state index is 8.79. The third-order valence-corrected chi connectivity index (χ3v) is 2.60. The van der Waals surface area contributed by atoms with Crippen molar-refractivity contribution in [3.8, 4) is 6.07 Å². The van der Waals surface area contributed by atoms with Gasteiger partial charge in [-0.05, 0) is 5.92 Å². The molecule has 1 aromatic heterocycles. The molecule has 1 rings (SSSR count). The molecule has 110 valence electrons. The zero-order chi connectivity index (χ0) is 15.1. The van der Waals surface area contributed by atoms with Crippen LogP contribution in [0.15, 0.2) is 0 Å². The second-order valence-corrected chi connectivity index (χ2v) is 5.15. The zero-order valence-corrected chi connectivity index (χ0v) is 12.9. The van der Waals surface area contributed by atoms with Gasteiger partial charge in [-0.2, -0.15) is 20.2 Å². The SMILES string of the molecule is CNc1nc(N(C)C)nc(N(CCC#N)CC(C)C)n1. The van der Waals surface area contributed by atoms with Gasteiger partial charge in [0, 0.05) is 34.2 Å². The minimum Gasteiger partial charge on any atom is -0.357 e. The van der Waals surface area contributed by atoms with Crippen molar-refractivity contribution < 1.29 is 0 Å². The maximum Gasteiger partial charge on any atom is 0.232 e. The minimum atomic E-state index is 0.449. The summed E-state index contributed by atoms with van der Waals surface area (Å²) in [5.41, 5.74) is 0. The van der Waals surface area contributed by atoms with E-state index < -0.39 is 0 Å². The quantitative estimate of drug-likeness (QED) is 0.805. The zero-order valence-electron chi connectivity index (χ0n) is 12.9. The summed E-state index contributed by atoms with van der Waals surface area (Å²) >= 11 is 0. The van der Waals surface area contributed by atoms with Gasteiger partial charge in [-0.15, -0.1) is 0 Å². The highest BCUT2D eigenvalue weighted by molar-refractivity contribution is 5.44. The van der Waals surface area contributed by atoms with Gasteiger partial charge in [0.1, 0.15) is 0 Å². The largest absolute Gasteiger partial charge is 0.357 e. The Morgan fingerprint density at radius 2 is 1.85 bits per heavy atom. The van der Waals surface area contributed by atoms with E-state index in [1.165, 1.54) is 0 Å². The molecule has 0 aromatic carbocycles. The van der Waals surface area contributed by atoms with Crippen LogP contribution in [0, 0.1) is 17.2 Å². The topological polar surface area (TPSA) is 81.0 Å². The molecule has 0 aliphatic heterocycles. The molecule has 0 aliphatic carbocycles. The fraction of sp³-hybridized carbons (Fsp3) is 0.692. The molecule has 1 N–H and O–H groups in total. The van der Waals surface area contributed by atoms with Crippen molar-refractivity contribution in [2.24, 2.45) is 5.92 Å². The van der Waals surface area contributed by atoms with Crippen LogP contribution in [0.3, 0.4) is 0 Å². The summed E-state index contributed by atoms with van der Waals surface area (Å²) in [4.78, 5) is 17.0. The molecule has 0 radical (unpaired) electrons. The van der Waals surface area contributed by atoms with E-state index in [9.17, 15) is 0 Å². The molecule has 7 nitrogen and oxygen atoms in total. The lowest BCUT2D eigenvalue weighted by molar-refractivity contribution is 0.601. The van der Waals surface area contributed by atoms with Gasteiger partial charge in [-0.1, -0.05) is 13.8 Å². The summed E-state index contributed by atoms with van der Waals surface area (Å²) in [5.74, 6) is 2.21. The lowest BCUT2D eigenvalue weighted by atomic mass is 10.2. The van der Waals surface area contributed by atoms with Crippen molar-refractivity contribution in [1.29, 1.82) is 5.26 Å². The summed E-state index contributed by atoms with van der Waals surface area (Å²) in [6.07, 6.45) is 0.449. The van der Waals surface area contributed by atoms with Gasteiger partial charge in [0.2, 0.25) is 17.8 Å². The molecular weight excluding hydrogens is 254 g/mol. The van der Waals surface area contributed by atoms with Crippen LogP contribution >= 0.6 is 0 Å². The normalized spacial score (nSPS) is 10.2. The van der Waals surface area contributed by atoms with Crippen molar-refractivity contribution in [3.05, 3.63) is 0 Å². The van der Waals surface area contributed by atoms with E-state index in [1.54, 1.807) is 7.05 Å². The minimum absolute atomic E-state index is 0.449. The van der Waals surface area contributed by atoms with Gasteiger partial charge in [0.05, 0.1) is 12.5 Å². The average molecular weight is 277 g/mol. The standard InChI is InChI=1S/C13H23N7/c1-10(2)9-20(8-6-7-14)13-17-11(15-3)16-12(18-13)19(4)5/h10H,6,8-9H2,1-5H3,(H,15,16,17,18). The van der Waals surface area contributed by atoms with Gasteiger partial charge in [0.25, 0.3) is 0 Å². The number of nitriles is 1. The Morgan fingerprint density at radius 3 is 2.35 bits per heavy atom. The summed E-state index contributed by atoms with van der Waals surface area (Å²) in [7, 11) is 5.56. The van der Waals surface area contributed by atoms with Crippen molar-refractivity contribution in [3.63, 3.8) is 0 Å². The van der Waals surface area contributed by atoms with E-state index in [0.717, 1.165) is 6.54 Å². The Bertz CT molecular complexity index is 464. The van der Waals surface area contributed by atoms with Crippen LogP contribution in [0.1, 0.15) is 20.3 Å². The Hall–Kier alpha value is -2.10. The molecule has 0 bridgehead atoms. The summed E-state index contributed by atoms with van der Waals surface area (Å²) < 4.78 is 0. The van der Waals surface area contributed by atoms with E-state index in [1.807, 2.05) is 23.9 Å². The van der Waals surface area contributed by atoms with E-state index >= 15 is 0 Å². The Kier molecular flexibility index (Phi) is 5.97. The molecule has 7 heteroatoms. The van der Waals surface area contributed by atoms with Crippen molar-refractivity contribution in [2.45, 2.75) is 20.3 Å². The molecule has 0 spiro atoms. The van der Waals surface area contributed by atoms with Gasteiger partial charge in [-0.3, -0.25) is 0 Å². The third-order valence-electron chi connectivity index (χ3n) is 2.60. The fourth-order valence-corrected chi connectivity index (χ4v) is 1.71. The number of anilines is 3. The third kappa shape index (κ3) is 4.53. The number of nitrogens with zero attached hydrogens (tertiary/aromatic N) is 6. The lowest BCUT2D eigenvalue weighted by Crippen LogP contribution is -2.31. The first kappa shape index (κ1) is 16.0. The van der Waals surface area contributed by atoms with E-state index in [4.69, 9.17) is 5.26 Å². The molecule has 0 saturated carbocycles. The monoisotopic (exact) mass is 277 g/mol. The highest BCUT2D eigenvalue weighted by Crippen LogP contribution is 2.16. The first-order valence-electron chi connectivity index (χ1n) is 6.71. The van der Waals surface area contributed by atoms with Crippen LogP contribution in [0.4, 0.5) is 17.8 Å². The van der Waals surface area contributed by atoms with E-state index in [2.05, 4.69) is 40.2 Å². The first-order chi connectivity index (χ1) is 9.47. The Balaban J connectivity index is 3.10. The van der Waals surface area contributed by atoms with Crippen LogP contribution in [0.2, 0.25) is 0 Å². The van der Waals surface area contributed by atoms with E-state index in [-0.39, 0.29) is 0 Å². The van der Waals surface area contributed by atoms with Crippen LogP contribution in [-0.2, 0) is 0 Å². The molecule has 1 aromatic rings. The molecule has 0 amide bonds. The second kappa shape index (κ2) is 7.48. The molecule has 0 atom stereocenters. The van der Waals surface area contributed by atoms with Crippen LogP contribution in [0.5, 0.6) is 0 Å². The highest BCUT2D eigenvalue weighted by Gasteiger charge is 2.15. The smallest absolute Gasteiger partial charge is 0.232 e. The van der Waals surface area contributed by atoms with E-state index in [0.29, 0.717) is 36.7 Å². The van der Waals surface area contributed by atoms with Crippen LogP contribution in [-0.4, -0.2) is 49.2 Å². The van der Waals surface area contributed by atoms with Gasteiger partial charge in [-0.25, -0.2) is 0 Å². The second-order valence-electron chi connectivity index (χ2n) is 5.15. The lowest BCUT2D eigenvalue weighted by Gasteiger charge is -2.24. The van der Waals surface area contributed by atoms with Gasteiger partial charge < -0.3 is 15.1 Å². The number of nitrogens with one attached hydrogen (secondary N) is 1. The number of aromatic nitrogens is 3. The van der Waals surface area contributed by atoms with Gasteiger partial charge >= 0.3 is 0 Å². The predicted octanol–water partition coefficient (Wildman–Crippen LogP) is 1.36. The van der Waals surface area contributed by atoms with Crippen molar-refractivity contribution >= 4 is 17.8 Å². The molecular formula is C13H23N7. The number of hydrogen-bond donors (Lipinski definition) is 1. The van der Waals surface area contributed by atoms with Crippen LogP contribution in [0.25, 0.3) is 0 Å². The number of rotatable bonds is 7. The van der Waals surface area contributed by atoms with Crippen LogP contribution < -0.4 is 15.1 Å². The maximum absolute atomic E-state index is 8.79. The average Bonchev–Trinajstić information content (AvgIpc) is 2.42. The molecule has 0 saturated heterocycles. The summed E-state index contributed by atoms with van der Waals surface area (Å²) in [6.45, 7) is 5.69. The molecule has 0 unspecified atom stereocenters. The Morgan fingerprint density at radius 1 is 1.20 bits per heavy atom. The molecule has 20 heavy (non-hydrogen) atoms. The number of hydrogen-bond acceptors (Lipinski definition) is 7. The van der Waals surface area contributed by atoms with Crippen molar-refractivity contribution in [2.75, 3.05) is 49.3 Å². The van der Waals surface area contributed by atoms with Gasteiger partial charge in [0.15, 0.2) is 0 Å². The first-order valence-corrected chi connectivity index (χ1v) is 6.71. The summed E-state index contributed by atoms with van der Waals surface area (Å²) in [6, 6.07) is 2.17.